The lowest BCUT2D eigenvalue weighted by atomic mass is 10.1. The molecule has 1 aliphatic heterocycles. The molecule has 1 amide bonds. The quantitative estimate of drug-likeness (QED) is 0.835. The number of benzene rings is 1. The minimum atomic E-state index is -0.183. The van der Waals surface area contributed by atoms with Crippen molar-refractivity contribution in [3.05, 3.63) is 53.4 Å². The topological polar surface area (TPSA) is 67.6 Å². The predicted octanol–water partition coefficient (Wildman–Crippen LogP) is 2.26. The van der Waals surface area contributed by atoms with Crippen molar-refractivity contribution in [2.45, 2.75) is 32.4 Å². The van der Waals surface area contributed by atoms with Gasteiger partial charge in [0.15, 0.2) is 11.5 Å². The molecule has 0 radical (unpaired) electrons. The summed E-state index contributed by atoms with van der Waals surface area (Å²) in [5.41, 5.74) is 1.62. The normalized spacial score (nSPS) is 16.5. The second kappa shape index (κ2) is 8.78. The smallest absolute Gasteiger partial charge is 0.273 e. The highest BCUT2D eigenvalue weighted by Crippen LogP contribution is 2.10. The second-order valence-electron chi connectivity index (χ2n) is 6.47. The Bertz CT molecular complexity index is 666. The van der Waals surface area contributed by atoms with Gasteiger partial charge in [0.2, 0.25) is 0 Å². The lowest BCUT2D eigenvalue weighted by molar-refractivity contribution is 0.0305. The van der Waals surface area contributed by atoms with Crippen LogP contribution in [0.15, 0.2) is 40.9 Å². The van der Waals surface area contributed by atoms with Crippen molar-refractivity contribution in [1.29, 1.82) is 0 Å². The predicted molar refractivity (Wildman–Crippen MR) is 94.3 cm³/mol. The van der Waals surface area contributed by atoms with Crippen molar-refractivity contribution in [3.8, 4) is 0 Å². The molecule has 0 bridgehead atoms. The maximum atomic E-state index is 12.3. The van der Waals surface area contributed by atoms with Crippen LogP contribution in [0, 0.1) is 0 Å². The molecule has 2 heterocycles. The molecule has 2 aromatic rings. The van der Waals surface area contributed by atoms with Crippen molar-refractivity contribution < 1.29 is 14.1 Å². The number of hydrogen-bond acceptors (Lipinski definition) is 5. The van der Waals surface area contributed by atoms with Crippen LogP contribution in [0.4, 0.5) is 0 Å². The molecule has 0 aliphatic carbocycles. The number of nitrogens with zero attached hydrogens (tertiary/aromatic N) is 2. The van der Waals surface area contributed by atoms with Gasteiger partial charge in [0.1, 0.15) is 0 Å². The fourth-order valence-electron chi connectivity index (χ4n) is 2.87. The number of ether oxygens (including phenoxy) is 1. The third kappa shape index (κ3) is 5.41. The molecule has 1 N–H and O–H groups in total. The number of carbonyl (C=O) groups is 1. The van der Waals surface area contributed by atoms with Gasteiger partial charge < -0.3 is 14.6 Å². The fourth-order valence-corrected chi connectivity index (χ4v) is 2.87. The molecule has 6 heteroatoms. The first-order chi connectivity index (χ1) is 12.2. The molecule has 1 aliphatic rings. The van der Waals surface area contributed by atoms with Gasteiger partial charge in [0.05, 0.1) is 19.8 Å². The summed E-state index contributed by atoms with van der Waals surface area (Å²) in [7, 11) is 0. The summed E-state index contributed by atoms with van der Waals surface area (Å²) in [4.78, 5) is 14.5. The average molecular weight is 343 g/mol. The van der Waals surface area contributed by atoms with Crippen LogP contribution in [0.25, 0.3) is 0 Å². The van der Waals surface area contributed by atoms with Crippen LogP contribution >= 0.6 is 0 Å². The van der Waals surface area contributed by atoms with E-state index in [-0.39, 0.29) is 11.9 Å². The Morgan fingerprint density at radius 1 is 1.28 bits per heavy atom. The van der Waals surface area contributed by atoms with Crippen LogP contribution in [0.1, 0.15) is 35.2 Å². The zero-order valence-electron chi connectivity index (χ0n) is 14.6. The molecular weight excluding hydrogens is 318 g/mol. The van der Waals surface area contributed by atoms with Crippen molar-refractivity contribution in [2.75, 3.05) is 26.3 Å². The standard InChI is InChI=1S/C19H25N3O3/c1-15(7-8-16-5-3-2-4-6-16)20-19(23)18-13-17(25-21-18)14-22-9-11-24-12-10-22/h2-6,13,15H,7-12,14H2,1H3,(H,20,23). The molecule has 6 nitrogen and oxygen atoms in total. The fraction of sp³-hybridized carbons (Fsp3) is 0.474. The molecule has 25 heavy (non-hydrogen) atoms. The Morgan fingerprint density at radius 2 is 2.04 bits per heavy atom. The molecule has 1 aromatic heterocycles. The number of amides is 1. The molecule has 1 atom stereocenters. The number of hydrogen-bond donors (Lipinski definition) is 1. The van der Waals surface area contributed by atoms with E-state index in [1.807, 2.05) is 25.1 Å². The number of nitrogens with one attached hydrogen (secondary N) is 1. The van der Waals surface area contributed by atoms with E-state index < -0.39 is 0 Å². The number of carbonyl (C=O) groups excluding carboxylic acids is 1. The Labute approximate surface area is 148 Å². The van der Waals surface area contributed by atoms with Gasteiger partial charge in [-0.3, -0.25) is 9.69 Å². The highest BCUT2D eigenvalue weighted by atomic mass is 16.5. The van der Waals surface area contributed by atoms with Crippen LogP contribution in [0.3, 0.4) is 0 Å². The Kier molecular flexibility index (Phi) is 6.19. The van der Waals surface area contributed by atoms with E-state index in [1.165, 1.54) is 5.56 Å². The molecule has 1 unspecified atom stereocenters. The van der Waals surface area contributed by atoms with Gasteiger partial charge >= 0.3 is 0 Å². The Balaban J connectivity index is 1.46. The van der Waals surface area contributed by atoms with Crippen LogP contribution in [0.2, 0.25) is 0 Å². The third-order valence-electron chi connectivity index (χ3n) is 4.36. The van der Waals surface area contributed by atoms with Crippen molar-refractivity contribution in [1.82, 2.24) is 15.4 Å². The van der Waals surface area contributed by atoms with Gasteiger partial charge in [-0.25, -0.2) is 0 Å². The third-order valence-corrected chi connectivity index (χ3v) is 4.36. The molecule has 3 rings (SSSR count). The van der Waals surface area contributed by atoms with Crippen molar-refractivity contribution >= 4 is 5.91 Å². The monoisotopic (exact) mass is 343 g/mol. The molecule has 134 valence electrons. The minimum Gasteiger partial charge on any atom is -0.379 e. The molecule has 1 saturated heterocycles. The van der Waals surface area contributed by atoms with E-state index in [4.69, 9.17) is 9.26 Å². The van der Waals surface area contributed by atoms with E-state index in [0.29, 0.717) is 18.0 Å². The van der Waals surface area contributed by atoms with Crippen LogP contribution in [-0.4, -0.2) is 48.3 Å². The number of morpholine rings is 1. The maximum Gasteiger partial charge on any atom is 0.273 e. The zero-order chi connectivity index (χ0) is 17.5. The summed E-state index contributed by atoms with van der Waals surface area (Å²) in [5.74, 6) is 0.529. The van der Waals surface area contributed by atoms with Gasteiger partial charge in [0.25, 0.3) is 5.91 Å². The number of rotatable bonds is 7. The van der Waals surface area contributed by atoms with Gasteiger partial charge in [-0.15, -0.1) is 0 Å². The van der Waals surface area contributed by atoms with Crippen molar-refractivity contribution in [2.24, 2.45) is 0 Å². The van der Waals surface area contributed by atoms with E-state index in [2.05, 4.69) is 27.5 Å². The Hall–Kier alpha value is -2.18. The summed E-state index contributed by atoms with van der Waals surface area (Å²) in [5, 5.41) is 6.90. The van der Waals surface area contributed by atoms with Gasteiger partial charge in [0, 0.05) is 25.2 Å². The summed E-state index contributed by atoms with van der Waals surface area (Å²) in [6, 6.07) is 12.1. The maximum absolute atomic E-state index is 12.3. The van der Waals surface area contributed by atoms with E-state index in [0.717, 1.165) is 39.1 Å². The first-order valence-electron chi connectivity index (χ1n) is 8.81. The average Bonchev–Trinajstić information content (AvgIpc) is 3.10. The van der Waals surface area contributed by atoms with Crippen LogP contribution in [-0.2, 0) is 17.7 Å². The molecular formula is C19H25N3O3. The summed E-state index contributed by atoms with van der Waals surface area (Å²) >= 11 is 0. The molecule has 0 spiro atoms. The van der Waals surface area contributed by atoms with Crippen LogP contribution in [0.5, 0.6) is 0 Å². The Morgan fingerprint density at radius 3 is 2.80 bits per heavy atom. The minimum absolute atomic E-state index is 0.0760. The highest BCUT2D eigenvalue weighted by Gasteiger charge is 2.17. The SMILES string of the molecule is CC(CCc1ccccc1)NC(=O)c1cc(CN2CCOCC2)on1. The highest BCUT2D eigenvalue weighted by molar-refractivity contribution is 5.92. The first kappa shape index (κ1) is 17.6. The lowest BCUT2D eigenvalue weighted by Gasteiger charge is -2.25. The zero-order valence-corrected chi connectivity index (χ0v) is 14.6. The summed E-state index contributed by atoms with van der Waals surface area (Å²) < 4.78 is 10.6. The van der Waals surface area contributed by atoms with Gasteiger partial charge in [-0.1, -0.05) is 35.5 Å². The summed E-state index contributed by atoms with van der Waals surface area (Å²) in [6.45, 7) is 5.89. The number of aryl methyl sites for hydroxylation is 1. The number of aromatic nitrogens is 1. The molecule has 1 aromatic carbocycles. The summed E-state index contributed by atoms with van der Waals surface area (Å²) in [6.07, 6.45) is 1.82. The van der Waals surface area contributed by atoms with Crippen molar-refractivity contribution in [3.63, 3.8) is 0 Å². The lowest BCUT2D eigenvalue weighted by Crippen LogP contribution is -2.35. The first-order valence-corrected chi connectivity index (χ1v) is 8.81. The second-order valence-corrected chi connectivity index (χ2v) is 6.47. The van der Waals surface area contributed by atoms with E-state index in [1.54, 1.807) is 6.07 Å². The molecule has 1 fully saturated rings. The van der Waals surface area contributed by atoms with Gasteiger partial charge in [-0.05, 0) is 25.3 Å². The van der Waals surface area contributed by atoms with E-state index in [9.17, 15) is 4.79 Å². The van der Waals surface area contributed by atoms with E-state index >= 15 is 0 Å². The van der Waals surface area contributed by atoms with Crippen LogP contribution < -0.4 is 5.32 Å². The molecule has 0 saturated carbocycles. The van der Waals surface area contributed by atoms with Gasteiger partial charge in [-0.2, -0.15) is 0 Å². The largest absolute Gasteiger partial charge is 0.379 e.